The lowest BCUT2D eigenvalue weighted by Crippen LogP contribution is -2.26. The minimum absolute atomic E-state index is 0.0543. The Hall–Kier alpha value is -1.64. The molecule has 0 radical (unpaired) electrons. The van der Waals surface area contributed by atoms with Gasteiger partial charge in [0.2, 0.25) is 10.0 Å². The van der Waals surface area contributed by atoms with Gasteiger partial charge >= 0.3 is 5.97 Å². The predicted octanol–water partition coefficient (Wildman–Crippen LogP) is 2.30. The first-order chi connectivity index (χ1) is 11.3. The number of aromatic carboxylic acids is 1. The van der Waals surface area contributed by atoms with E-state index >= 15 is 0 Å². The molecule has 0 heterocycles. The van der Waals surface area contributed by atoms with Gasteiger partial charge in [-0.1, -0.05) is 19.8 Å². The van der Waals surface area contributed by atoms with Crippen molar-refractivity contribution >= 4 is 21.7 Å². The number of rotatable bonds is 11. The SMILES string of the molecule is CCCCCNS(=O)(=O)c1ccc(N[C@@H](C)COC)c(C(=O)O)c1. The largest absolute Gasteiger partial charge is 0.478 e. The minimum atomic E-state index is -3.72. The second-order valence-corrected chi connectivity index (χ2v) is 7.39. The molecule has 0 aliphatic rings. The third kappa shape index (κ3) is 6.10. The highest BCUT2D eigenvalue weighted by atomic mass is 32.2. The van der Waals surface area contributed by atoms with Gasteiger partial charge in [-0.15, -0.1) is 0 Å². The Labute approximate surface area is 143 Å². The highest BCUT2D eigenvalue weighted by Crippen LogP contribution is 2.21. The lowest BCUT2D eigenvalue weighted by atomic mass is 10.1. The van der Waals surface area contributed by atoms with E-state index in [-0.39, 0.29) is 16.5 Å². The van der Waals surface area contributed by atoms with Gasteiger partial charge in [-0.3, -0.25) is 0 Å². The second-order valence-electron chi connectivity index (χ2n) is 5.62. The van der Waals surface area contributed by atoms with Gasteiger partial charge in [0.25, 0.3) is 0 Å². The molecule has 8 heteroatoms. The van der Waals surface area contributed by atoms with E-state index in [9.17, 15) is 18.3 Å². The van der Waals surface area contributed by atoms with Crippen molar-refractivity contribution in [1.82, 2.24) is 4.72 Å². The third-order valence-corrected chi connectivity index (χ3v) is 4.88. The van der Waals surface area contributed by atoms with Crippen molar-refractivity contribution in [1.29, 1.82) is 0 Å². The summed E-state index contributed by atoms with van der Waals surface area (Å²) in [6, 6.07) is 3.93. The zero-order chi connectivity index (χ0) is 18.2. The van der Waals surface area contributed by atoms with Crippen molar-refractivity contribution in [3.05, 3.63) is 23.8 Å². The van der Waals surface area contributed by atoms with Gasteiger partial charge in [0.05, 0.1) is 17.1 Å². The maximum absolute atomic E-state index is 12.3. The van der Waals surface area contributed by atoms with E-state index in [4.69, 9.17) is 4.74 Å². The number of unbranched alkanes of at least 4 members (excludes halogenated alkanes) is 2. The Morgan fingerprint density at radius 2 is 2.04 bits per heavy atom. The van der Waals surface area contributed by atoms with Crippen LogP contribution in [0.15, 0.2) is 23.1 Å². The fourth-order valence-electron chi connectivity index (χ4n) is 2.22. The van der Waals surface area contributed by atoms with Crippen molar-refractivity contribution in [2.45, 2.75) is 44.0 Å². The van der Waals surface area contributed by atoms with Crippen molar-refractivity contribution in [2.24, 2.45) is 0 Å². The van der Waals surface area contributed by atoms with Crippen LogP contribution in [0, 0.1) is 0 Å². The maximum atomic E-state index is 12.3. The average Bonchev–Trinajstić information content (AvgIpc) is 2.51. The minimum Gasteiger partial charge on any atom is -0.478 e. The molecule has 0 bridgehead atoms. The number of methoxy groups -OCH3 is 1. The van der Waals surface area contributed by atoms with E-state index in [0.717, 1.165) is 19.3 Å². The Kier molecular flexibility index (Phi) is 8.17. The lowest BCUT2D eigenvalue weighted by Gasteiger charge is -2.17. The summed E-state index contributed by atoms with van der Waals surface area (Å²) in [4.78, 5) is 11.4. The number of sulfonamides is 1. The first-order valence-electron chi connectivity index (χ1n) is 7.94. The first-order valence-corrected chi connectivity index (χ1v) is 9.42. The van der Waals surface area contributed by atoms with Crippen molar-refractivity contribution in [2.75, 3.05) is 25.6 Å². The molecule has 0 spiro atoms. The molecular weight excluding hydrogens is 332 g/mol. The summed E-state index contributed by atoms with van der Waals surface area (Å²) in [5.41, 5.74) is 0.270. The Morgan fingerprint density at radius 1 is 1.33 bits per heavy atom. The van der Waals surface area contributed by atoms with Gasteiger partial charge in [-0.25, -0.2) is 17.9 Å². The molecule has 0 aliphatic heterocycles. The normalized spacial score (nSPS) is 12.8. The van der Waals surface area contributed by atoms with Crippen LogP contribution in [0.3, 0.4) is 0 Å². The van der Waals surface area contributed by atoms with Gasteiger partial charge in [-0.05, 0) is 31.5 Å². The number of ether oxygens (including phenoxy) is 1. The van der Waals surface area contributed by atoms with Crippen LogP contribution < -0.4 is 10.0 Å². The maximum Gasteiger partial charge on any atom is 0.337 e. The molecule has 1 atom stereocenters. The molecule has 7 nitrogen and oxygen atoms in total. The number of nitrogens with one attached hydrogen (secondary N) is 2. The Balaban J connectivity index is 2.98. The van der Waals surface area contributed by atoms with E-state index in [0.29, 0.717) is 18.8 Å². The highest BCUT2D eigenvalue weighted by molar-refractivity contribution is 7.89. The summed E-state index contributed by atoms with van der Waals surface area (Å²) in [6.45, 7) is 4.61. The van der Waals surface area contributed by atoms with Gasteiger partial charge in [0.15, 0.2) is 0 Å². The molecular formula is C16H26N2O5S. The van der Waals surface area contributed by atoms with Gasteiger partial charge in [0, 0.05) is 25.4 Å². The van der Waals surface area contributed by atoms with Crippen LogP contribution in [0.25, 0.3) is 0 Å². The van der Waals surface area contributed by atoms with Crippen LogP contribution in [-0.2, 0) is 14.8 Å². The number of carboxylic acid groups (broad SMARTS) is 1. The summed E-state index contributed by atoms with van der Waals surface area (Å²) >= 11 is 0. The molecule has 1 aromatic rings. The average molecular weight is 358 g/mol. The predicted molar refractivity (Wildman–Crippen MR) is 93.1 cm³/mol. The van der Waals surface area contributed by atoms with Crippen LogP contribution in [0.4, 0.5) is 5.69 Å². The van der Waals surface area contributed by atoms with E-state index in [1.807, 2.05) is 13.8 Å². The van der Waals surface area contributed by atoms with Crippen molar-refractivity contribution in [3.63, 3.8) is 0 Å². The van der Waals surface area contributed by atoms with E-state index in [1.54, 1.807) is 7.11 Å². The van der Waals surface area contributed by atoms with Gasteiger partial charge in [-0.2, -0.15) is 0 Å². The molecule has 1 rings (SSSR count). The monoisotopic (exact) mass is 358 g/mol. The topological polar surface area (TPSA) is 105 Å². The van der Waals surface area contributed by atoms with E-state index < -0.39 is 16.0 Å². The summed E-state index contributed by atoms with van der Waals surface area (Å²) < 4.78 is 32.0. The van der Waals surface area contributed by atoms with Crippen LogP contribution in [-0.4, -0.2) is 45.8 Å². The molecule has 0 fully saturated rings. The molecule has 0 aliphatic carbocycles. The second kappa shape index (κ2) is 9.61. The molecule has 3 N–H and O–H groups in total. The van der Waals surface area contributed by atoms with Gasteiger partial charge < -0.3 is 15.2 Å². The summed E-state index contributed by atoms with van der Waals surface area (Å²) in [6.07, 6.45) is 2.67. The summed E-state index contributed by atoms with van der Waals surface area (Å²) in [7, 11) is -2.17. The van der Waals surface area contributed by atoms with Crippen molar-refractivity contribution in [3.8, 4) is 0 Å². The first kappa shape index (κ1) is 20.4. The molecule has 0 unspecified atom stereocenters. The third-order valence-electron chi connectivity index (χ3n) is 3.42. The lowest BCUT2D eigenvalue weighted by molar-refractivity contribution is 0.0697. The zero-order valence-electron chi connectivity index (χ0n) is 14.3. The van der Waals surface area contributed by atoms with Crippen LogP contribution in [0.2, 0.25) is 0 Å². The van der Waals surface area contributed by atoms with Crippen LogP contribution >= 0.6 is 0 Å². The molecule has 0 amide bonds. The molecule has 0 saturated heterocycles. The number of benzene rings is 1. The van der Waals surface area contributed by atoms with Crippen LogP contribution in [0.5, 0.6) is 0 Å². The highest BCUT2D eigenvalue weighted by Gasteiger charge is 2.19. The Bertz CT molecular complexity index is 646. The number of hydrogen-bond donors (Lipinski definition) is 3. The molecule has 0 saturated carbocycles. The molecule has 136 valence electrons. The molecule has 1 aromatic carbocycles. The van der Waals surface area contributed by atoms with Crippen molar-refractivity contribution < 1.29 is 23.1 Å². The fourth-order valence-corrected chi connectivity index (χ4v) is 3.32. The molecule has 0 aromatic heterocycles. The summed E-state index contributed by atoms with van der Waals surface area (Å²) in [5.74, 6) is -1.19. The molecule has 24 heavy (non-hydrogen) atoms. The fraction of sp³-hybridized carbons (Fsp3) is 0.562. The number of anilines is 1. The number of hydrogen-bond acceptors (Lipinski definition) is 5. The smallest absolute Gasteiger partial charge is 0.337 e. The zero-order valence-corrected chi connectivity index (χ0v) is 15.1. The standard InChI is InChI=1S/C16H26N2O5S/c1-4-5-6-9-17-24(21,22)13-7-8-15(14(10-13)16(19)20)18-12(2)11-23-3/h7-8,10,12,17-18H,4-6,9,11H2,1-3H3,(H,19,20)/t12-/m0/s1. The van der Waals surface area contributed by atoms with E-state index in [1.165, 1.54) is 18.2 Å². The quantitative estimate of drug-likeness (QED) is 0.524. The van der Waals surface area contributed by atoms with Crippen LogP contribution in [0.1, 0.15) is 43.5 Å². The van der Waals surface area contributed by atoms with Gasteiger partial charge in [0.1, 0.15) is 0 Å². The number of carboxylic acids is 1. The number of carbonyl (C=O) groups is 1. The Morgan fingerprint density at radius 3 is 2.62 bits per heavy atom. The summed E-state index contributed by atoms with van der Waals surface area (Å²) in [5, 5.41) is 12.4. The van der Waals surface area contributed by atoms with E-state index in [2.05, 4.69) is 10.0 Å².